The number of rotatable bonds is 6. The molecular formula is C76H47N3OSi. The minimum atomic E-state index is -3.14. The second-order valence-corrected chi connectivity index (χ2v) is 24.8. The SMILES string of the molecule is C(#C[Si](c1ccccc1)(c1ccccc1)c1ccc2oc3ccccc3c2c1)c1c2ccccc2c(-n2c3ccc(-n4c5ccccc5c5ccccc54)cc3c3cc(-n4c5ccccc5c5ccccc54)ccc32)c2ccccc12. The van der Waals surface area contributed by atoms with Gasteiger partial charge in [-0.25, -0.2) is 0 Å². The summed E-state index contributed by atoms with van der Waals surface area (Å²) in [5.41, 5.74) is 17.4. The minimum absolute atomic E-state index is 0.875. The molecule has 0 unspecified atom stereocenters. The Kier molecular flexibility index (Phi) is 9.91. The van der Waals surface area contributed by atoms with E-state index in [0.717, 1.165) is 77.1 Å². The first-order valence-electron chi connectivity index (χ1n) is 27.7. The quantitative estimate of drug-likeness (QED) is 0.0706. The molecule has 0 fully saturated rings. The van der Waals surface area contributed by atoms with Crippen molar-refractivity contribution in [3.05, 3.63) is 291 Å². The van der Waals surface area contributed by atoms with Crippen LogP contribution < -0.4 is 15.6 Å². The Morgan fingerprint density at radius 3 is 1.12 bits per heavy atom. The van der Waals surface area contributed by atoms with E-state index >= 15 is 0 Å². The van der Waals surface area contributed by atoms with Crippen LogP contribution in [-0.4, -0.2) is 21.8 Å². The maximum atomic E-state index is 6.43. The van der Waals surface area contributed by atoms with Gasteiger partial charge in [0.25, 0.3) is 0 Å². The lowest BCUT2D eigenvalue weighted by Gasteiger charge is -2.28. The third-order valence-corrected chi connectivity index (χ3v) is 21.2. The van der Waals surface area contributed by atoms with E-state index in [1.165, 1.54) is 69.9 Å². The summed E-state index contributed by atoms with van der Waals surface area (Å²) < 4.78 is 13.8. The molecule has 376 valence electrons. The maximum Gasteiger partial charge on any atom is 0.230 e. The van der Waals surface area contributed by atoms with E-state index in [1.54, 1.807) is 0 Å². The van der Waals surface area contributed by atoms with Gasteiger partial charge in [-0.2, -0.15) is 0 Å². The summed E-state index contributed by atoms with van der Waals surface area (Å²) >= 11 is 0. The zero-order valence-corrected chi connectivity index (χ0v) is 44.9. The van der Waals surface area contributed by atoms with Gasteiger partial charge in [0.1, 0.15) is 11.2 Å². The Labute approximate surface area is 467 Å². The van der Waals surface area contributed by atoms with Gasteiger partial charge in [-0.1, -0.05) is 212 Å². The van der Waals surface area contributed by atoms with E-state index in [1.807, 2.05) is 6.07 Å². The van der Waals surface area contributed by atoms with Gasteiger partial charge >= 0.3 is 0 Å². The number of fused-ring (bicyclic) bond motifs is 14. The van der Waals surface area contributed by atoms with E-state index in [2.05, 4.69) is 304 Å². The zero-order valence-electron chi connectivity index (χ0n) is 43.9. The Bertz CT molecular complexity index is 5120. The molecule has 0 aliphatic heterocycles. The van der Waals surface area contributed by atoms with Gasteiger partial charge in [0.15, 0.2) is 0 Å². The van der Waals surface area contributed by atoms with E-state index in [-0.39, 0.29) is 0 Å². The van der Waals surface area contributed by atoms with E-state index in [4.69, 9.17) is 4.42 Å². The van der Waals surface area contributed by atoms with Crippen molar-refractivity contribution >= 4 is 133 Å². The van der Waals surface area contributed by atoms with Gasteiger partial charge in [-0.15, -0.1) is 5.54 Å². The summed E-state index contributed by atoms with van der Waals surface area (Å²) in [4.78, 5) is 0. The Morgan fingerprint density at radius 2 is 0.642 bits per heavy atom. The first kappa shape index (κ1) is 45.4. The predicted octanol–water partition coefficient (Wildman–Crippen LogP) is 17.2. The maximum absolute atomic E-state index is 6.43. The Balaban J connectivity index is 0.951. The number of benzene rings is 13. The summed E-state index contributed by atoms with van der Waals surface area (Å²) in [6, 6.07) is 104. The van der Waals surface area contributed by atoms with Gasteiger partial charge in [-0.05, 0) is 94.4 Å². The largest absolute Gasteiger partial charge is 0.456 e. The van der Waals surface area contributed by atoms with E-state index < -0.39 is 8.07 Å². The predicted molar refractivity (Wildman–Crippen MR) is 343 cm³/mol. The number of furan rings is 1. The van der Waals surface area contributed by atoms with Crippen LogP contribution in [0.25, 0.3) is 126 Å². The molecule has 0 saturated carbocycles. The highest BCUT2D eigenvalue weighted by Gasteiger charge is 2.39. The molecular weight excluding hydrogens is 999 g/mol. The van der Waals surface area contributed by atoms with Crippen molar-refractivity contribution < 1.29 is 4.42 Å². The van der Waals surface area contributed by atoms with Crippen molar-refractivity contribution in [2.45, 2.75) is 0 Å². The Morgan fingerprint density at radius 1 is 0.259 bits per heavy atom. The average molecular weight is 1050 g/mol. The second-order valence-electron chi connectivity index (χ2n) is 21.3. The van der Waals surface area contributed by atoms with Crippen LogP contribution in [0.1, 0.15) is 5.56 Å². The molecule has 0 saturated heterocycles. The molecule has 4 heterocycles. The van der Waals surface area contributed by atoms with Gasteiger partial charge < -0.3 is 18.1 Å². The lowest BCUT2D eigenvalue weighted by Crippen LogP contribution is -2.66. The van der Waals surface area contributed by atoms with Crippen LogP contribution in [0.2, 0.25) is 0 Å². The van der Waals surface area contributed by atoms with Crippen LogP contribution >= 0.6 is 0 Å². The molecule has 0 aliphatic rings. The van der Waals surface area contributed by atoms with Crippen LogP contribution in [0.4, 0.5) is 0 Å². The van der Waals surface area contributed by atoms with Crippen LogP contribution in [0.5, 0.6) is 0 Å². The van der Waals surface area contributed by atoms with Crippen molar-refractivity contribution in [1.82, 2.24) is 13.7 Å². The molecule has 4 nitrogen and oxygen atoms in total. The van der Waals surface area contributed by atoms with Crippen LogP contribution in [0.15, 0.2) is 290 Å². The molecule has 0 aliphatic carbocycles. The van der Waals surface area contributed by atoms with Gasteiger partial charge in [0.05, 0.1) is 38.8 Å². The van der Waals surface area contributed by atoms with Crippen LogP contribution in [0.3, 0.4) is 0 Å². The van der Waals surface area contributed by atoms with Crippen molar-refractivity contribution in [1.29, 1.82) is 0 Å². The standard InChI is InChI=1S/C76H47N3OSi/c1-3-21-52(22-4-1)81(53-23-5-2-6-24-53,54-41-44-75-67(49-54)62-31-15-20-38-74(62)80-75)46-45-57-55-25-7-9-32-63(55)76(64-33-10-8-26-56(57)64)79-72-42-39-50(77-68-34-16-11-27-58(68)59-28-12-17-35-69(59)77)47-65(72)66-48-51(40-43-73(66)79)78-70-36-18-13-29-60(70)61-30-14-19-37-71(61)78/h1-44,47-49H. The number of hydrogen-bond donors (Lipinski definition) is 0. The molecule has 0 atom stereocenters. The van der Waals surface area contributed by atoms with E-state index in [0.29, 0.717) is 0 Å². The fourth-order valence-electron chi connectivity index (χ4n) is 13.6. The highest BCUT2D eigenvalue weighted by atomic mass is 28.3. The number of hydrogen-bond acceptors (Lipinski definition) is 1. The minimum Gasteiger partial charge on any atom is -0.456 e. The summed E-state index contributed by atoms with van der Waals surface area (Å²) in [6.45, 7) is 0. The zero-order chi connectivity index (χ0) is 53.2. The highest BCUT2D eigenvalue weighted by molar-refractivity contribution is 7.17. The second kappa shape index (κ2) is 17.7. The van der Waals surface area contributed by atoms with Crippen LogP contribution in [0, 0.1) is 11.5 Å². The van der Waals surface area contributed by atoms with E-state index in [9.17, 15) is 0 Å². The van der Waals surface area contributed by atoms with Crippen molar-refractivity contribution in [3.8, 4) is 28.5 Å². The smallest absolute Gasteiger partial charge is 0.230 e. The highest BCUT2D eigenvalue weighted by Crippen LogP contribution is 2.44. The molecule has 81 heavy (non-hydrogen) atoms. The Hall–Kier alpha value is -10.6. The van der Waals surface area contributed by atoms with Gasteiger partial charge in [0, 0.05) is 81.6 Å². The van der Waals surface area contributed by atoms with Crippen molar-refractivity contribution in [3.63, 3.8) is 0 Å². The third-order valence-electron chi connectivity index (χ3n) is 17.1. The number of nitrogens with zero attached hydrogens (tertiary/aromatic N) is 3. The molecule has 0 N–H and O–H groups in total. The molecule has 0 amide bonds. The summed E-state index contributed by atoms with van der Waals surface area (Å²) in [6.07, 6.45) is 0. The molecule has 0 radical (unpaired) electrons. The molecule has 5 heteroatoms. The first-order valence-corrected chi connectivity index (χ1v) is 29.7. The normalized spacial score (nSPS) is 12.1. The first-order chi connectivity index (χ1) is 40.2. The third kappa shape index (κ3) is 6.66. The summed E-state index contributed by atoms with van der Waals surface area (Å²) in [5.74, 6) is 4.07. The average Bonchev–Trinajstić information content (AvgIpc) is 4.46. The summed E-state index contributed by atoms with van der Waals surface area (Å²) in [7, 11) is -3.14. The van der Waals surface area contributed by atoms with Crippen molar-refractivity contribution in [2.75, 3.05) is 0 Å². The fourth-order valence-corrected chi connectivity index (χ4v) is 17.4. The van der Waals surface area contributed by atoms with Crippen molar-refractivity contribution in [2.24, 2.45) is 0 Å². The van der Waals surface area contributed by atoms with Gasteiger partial charge in [-0.3, -0.25) is 0 Å². The molecule has 4 aromatic heterocycles. The number of aromatic nitrogens is 3. The monoisotopic (exact) mass is 1050 g/mol. The fraction of sp³-hybridized carbons (Fsp3) is 0. The molecule has 0 spiro atoms. The molecule has 17 rings (SSSR count). The lowest BCUT2D eigenvalue weighted by atomic mass is 9.95. The van der Waals surface area contributed by atoms with Crippen LogP contribution in [-0.2, 0) is 0 Å². The van der Waals surface area contributed by atoms with Gasteiger partial charge in [0.2, 0.25) is 8.07 Å². The molecule has 17 aromatic rings. The molecule has 0 bridgehead atoms. The lowest BCUT2D eigenvalue weighted by molar-refractivity contribution is 0.669. The number of para-hydroxylation sites is 5. The summed E-state index contributed by atoms with van der Waals surface area (Å²) in [5, 5.41) is 17.7. The molecule has 13 aromatic carbocycles. The topological polar surface area (TPSA) is 27.9 Å².